The van der Waals surface area contributed by atoms with Crippen LogP contribution in [0.15, 0.2) is 42.5 Å². The summed E-state index contributed by atoms with van der Waals surface area (Å²) in [5.41, 5.74) is 0.785. The predicted molar refractivity (Wildman–Crippen MR) is 77.3 cm³/mol. The molecule has 2 aromatic rings. The van der Waals surface area contributed by atoms with E-state index in [1.54, 1.807) is 0 Å². The quantitative estimate of drug-likeness (QED) is 0.846. The number of nitrogens with zero attached hydrogens (tertiary/aromatic N) is 1. The van der Waals surface area contributed by atoms with Crippen molar-refractivity contribution in [2.24, 2.45) is 0 Å². The molecule has 0 saturated carbocycles. The van der Waals surface area contributed by atoms with Crippen molar-refractivity contribution >= 4 is 16.7 Å². The van der Waals surface area contributed by atoms with Gasteiger partial charge in [0.1, 0.15) is 0 Å². The van der Waals surface area contributed by atoms with E-state index in [0.717, 1.165) is 30.6 Å². The van der Waals surface area contributed by atoms with Gasteiger partial charge >= 0.3 is 0 Å². The Kier molecular flexibility index (Phi) is 3.22. The van der Waals surface area contributed by atoms with Crippen molar-refractivity contribution in [3.05, 3.63) is 48.0 Å². The maximum absolute atomic E-state index is 12.5. The number of piperazine rings is 1. The van der Waals surface area contributed by atoms with E-state index in [1.807, 2.05) is 41.3 Å². The molecule has 3 nitrogen and oxygen atoms in total. The second-order valence-corrected chi connectivity index (χ2v) is 5.17. The van der Waals surface area contributed by atoms with E-state index in [0.29, 0.717) is 6.04 Å². The fraction of sp³-hybridized carbons (Fsp3) is 0.312. The van der Waals surface area contributed by atoms with Gasteiger partial charge in [-0.25, -0.2) is 0 Å². The van der Waals surface area contributed by atoms with Crippen molar-refractivity contribution < 1.29 is 4.79 Å². The average molecular weight is 254 g/mol. The van der Waals surface area contributed by atoms with E-state index < -0.39 is 0 Å². The standard InChI is InChI=1S/C16H18N2O/c1-12-11-18(9-8-17-12)16(19)15-7-6-13-4-2-3-5-14(13)10-15/h2-7,10,12,17H,8-9,11H2,1H3/t12-/m1/s1. The lowest BCUT2D eigenvalue weighted by molar-refractivity contribution is 0.0709. The lowest BCUT2D eigenvalue weighted by Gasteiger charge is -2.32. The van der Waals surface area contributed by atoms with E-state index in [2.05, 4.69) is 18.3 Å². The molecule has 98 valence electrons. The van der Waals surface area contributed by atoms with Gasteiger partial charge in [0.2, 0.25) is 0 Å². The van der Waals surface area contributed by atoms with Gasteiger partial charge in [0.15, 0.2) is 0 Å². The third-order valence-corrected chi connectivity index (χ3v) is 3.65. The lowest BCUT2D eigenvalue weighted by Crippen LogP contribution is -2.51. The van der Waals surface area contributed by atoms with Crippen LogP contribution < -0.4 is 5.32 Å². The third-order valence-electron chi connectivity index (χ3n) is 3.65. The summed E-state index contributed by atoms with van der Waals surface area (Å²) in [6.07, 6.45) is 0. The number of rotatable bonds is 1. The summed E-state index contributed by atoms with van der Waals surface area (Å²) in [4.78, 5) is 14.4. The molecule has 1 saturated heterocycles. The zero-order chi connectivity index (χ0) is 13.2. The van der Waals surface area contributed by atoms with Gasteiger partial charge in [-0.3, -0.25) is 4.79 Å². The Hall–Kier alpha value is -1.87. The van der Waals surface area contributed by atoms with Crippen molar-refractivity contribution in [3.8, 4) is 0 Å². The highest BCUT2D eigenvalue weighted by atomic mass is 16.2. The Bertz CT molecular complexity index is 608. The number of hydrogen-bond donors (Lipinski definition) is 1. The first-order chi connectivity index (χ1) is 9.24. The summed E-state index contributed by atoms with van der Waals surface area (Å²) in [5, 5.41) is 5.65. The Balaban J connectivity index is 1.88. The van der Waals surface area contributed by atoms with Crippen molar-refractivity contribution in [2.75, 3.05) is 19.6 Å². The van der Waals surface area contributed by atoms with Gasteiger partial charge in [-0.1, -0.05) is 30.3 Å². The van der Waals surface area contributed by atoms with Gasteiger partial charge < -0.3 is 10.2 Å². The fourth-order valence-electron chi connectivity index (χ4n) is 2.62. The van der Waals surface area contributed by atoms with Crippen LogP contribution in [-0.4, -0.2) is 36.5 Å². The second-order valence-electron chi connectivity index (χ2n) is 5.17. The predicted octanol–water partition coefficient (Wildman–Crippen LogP) is 2.27. The number of hydrogen-bond acceptors (Lipinski definition) is 2. The number of carbonyl (C=O) groups excluding carboxylic acids is 1. The highest BCUT2D eigenvalue weighted by Gasteiger charge is 2.21. The zero-order valence-electron chi connectivity index (χ0n) is 11.1. The monoisotopic (exact) mass is 254 g/mol. The van der Waals surface area contributed by atoms with Gasteiger partial charge in [-0.05, 0) is 29.8 Å². The largest absolute Gasteiger partial charge is 0.336 e. The number of nitrogens with one attached hydrogen (secondary N) is 1. The van der Waals surface area contributed by atoms with Crippen LogP contribution in [0.1, 0.15) is 17.3 Å². The number of benzene rings is 2. The molecule has 0 radical (unpaired) electrons. The number of amides is 1. The first-order valence-corrected chi connectivity index (χ1v) is 6.75. The molecule has 0 aliphatic carbocycles. The van der Waals surface area contributed by atoms with E-state index in [4.69, 9.17) is 0 Å². The molecular weight excluding hydrogens is 236 g/mol. The van der Waals surface area contributed by atoms with Gasteiger partial charge in [-0.2, -0.15) is 0 Å². The topological polar surface area (TPSA) is 32.3 Å². The minimum atomic E-state index is 0.138. The summed E-state index contributed by atoms with van der Waals surface area (Å²) >= 11 is 0. The van der Waals surface area contributed by atoms with Crippen LogP contribution in [-0.2, 0) is 0 Å². The van der Waals surface area contributed by atoms with Gasteiger partial charge in [-0.15, -0.1) is 0 Å². The fourth-order valence-corrected chi connectivity index (χ4v) is 2.62. The molecule has 0 aromatic heterocycles. The van der Waals surface area contributed by atoms with Crippen LogP contribution in [0.5, 0.6) is 0 Å². The van der Waals surface area contributed by atoms with Gasteiger partial charge in [0.05, 0.1) is 0 Å². The molecule has 0 unspecified atom stereocenters. The highest BCUT2D eigenvalue weighted by Crippen LogP contribution is 2.17. The summed E-state index contributed by atoms with van der Waals surface area (Å²) in [5.74, 6) is 0.138. The first-order valence-electron chi connectivity index (χ1n) is 6.75. The summed E-state index contributed by atoms with van der Waals surface area (Å²) in [7, 11) is 0. The maximum Gasteiger partial charge on any atom is 0.253 e. The van der Waals surface area contributed by atoms with Crippen LogP contribution in [0.2, 0.25) is 0 Å². The lowest BCUT2D eigenvalue weighted by atomic mass is 10.1. The zero-order valence-corrected chi connectivity index (χ0v) is 11.1. The number of fused-ring (bicyclic) bond motifs is 1. The average Bonchev–Trinajstić information content (AvgIpc) is 2.46. The van der Waals surface area contributed by atoms with Crippen molar-refractivity contribution in [3.63, 3.8) is 0 Å². The minimum absolute atomic E-state index is 0.138. The molecule has 1 fully saturated rings. The second kappa shape index (κ2) is 5.02. The molecule has 0 bridgehead atoms. The van der Waals surface area contributed by atoms with Gasteiger partial charge in [0, 0.05) is 31.2 Å². The highest BCUT2D eigenvalue weighted by molar-refractivity contribution is 5.98. The molecule has 3 heteroatoms. The van der Waals surface area contributed by atoms with Crippen molar-refractivity contribution in [1.29, 1.82) is 0 Å². The van der Waals surface area contributed by atoms with Crippen LogP contribution in [0.3, 0.4) is 0 Å². The smallest absolute Gasteiger partial charge is 0.253 e. The molecule has 2 aromatic carbocycles. The first kappa shape index (κ1) is 12.2. The van der Waals surface area contributed by atoms with E-state index >= 15 is 0 Å². The molecule has 1 aliphatic heterocycles. The number of carbonyl (C=O) groups is 1. The molecule has 0 spiro atoms. The normalized spacial score (nSPS) is 19.6. The van der Waals surface area contributed by atoms with E-state index in [9.17, 15) is 4.79 Å². The molecule has 1 amide bonds. The molecule has 1 aliphatic rings. The van der Waals surface area contributed by atoms with E-state index in [1.165, 1.54) is 5.39 Å². The van der Waals surface area contributed by atoms with Crippen LogP contribution >= 0.6 is 0 Å². The van der Waals surface area contributed by atoms with E-state index in [-0.39, 0.29) is 5.91 Å². The van der Waals surface area contributed by atoms with Crippen molar-refractivity contribution in [2.45, 2.75) is 13.0 Å². The third kappa shape index (κ3) is 2.47. The van der Waals surface area contributed by atoms with Gasteiger partial charge in [0.25, 0.3) is 5.91 Å². The molecular formula is C16H18N2O. The SMILES string of the molecule is C[C@@H]1CN(C(=O)c2ccc3ccccc3c2)CCN1. The molecule has 1 N–H and O–H groups in total. The van der Waals surface area contributed by atoms with Crippen LogP contribution in [0.25, 0.3) is 10.8 Å². The molecule has 1 heterocycles. The van der Waals surface area contributed by atoms with Crippen molar-refractivity contribution in [1.82, 2.24) is 10.2 Å². The summed E-state index contributed by atoms with van der Waals surface area (Å²) < 4.78 is 0. The summed E-state index contributed by atoms with van der Waals surface area (Å²) in [6, 6.07) is 14.4. The maximum atomic E-state index is 12.5. The van der Waals surface area contributed by atoms with Crippen LogP contribution in [0, 0.1) is 0 Å². The van der Waals surface area contributed by atoms with Crippen LogP contribution in [0.4, 0.5) is 0 Å². The molecule has 19 heavy (non-hydrogen) atoms. The molecule has 1 atom stereocenters. The Morgan fingerprint density at radius 3 is 2.79 bits per heavy atom. The Labute approximate surface area is 113 Å². The summed E-state index contributed by atoms with van der Waals surface area (Å²) in [6.45, 7) is 4.56. The minimum Gasteiger partial charge on any atom is -0.336 e. The molecule has 3 rings (SSSR count). The Morgan fingerprint density at radius 1 is 1.21 bits per heavy atom. The Morgan fingerprint density at radius 2 is 2.00 bits per heavy atom.